The van der Waals surface area contributed by atoms with Crippen molar-refractivity contribution >= 4 is 26.8 Å². The summed E-state index contributed by atoms with van der Waals surface area (Å²) in [6, 6.07) is 2.04. The molecule has 0 radical (unpaired) electrons. The van der Waals surface area contributed by atoms with Gasteiger partial charge >= 0.3 is 0 Å². The molecule has 118 valence electrons. The van der Waals surface area contributed by atoms with E-state index >= 15 is 0 Å². The molecule has 0 bridgehead atoms. The topological polar surface area (TPSA) is 93.2 Å². The molecule has 2 aromatic rings. The minimum Gasteiger partial charge on any atom is -0.370 e. The summed E-state index contributed by atoms with van der Waals surface area (Å²) < 4.78 is 26.6. The number of aryl methyl sites for hydroxylation is 1. The molecule has 1 aliphatic heterocycles. The molecular weight excluding hydrogens is 302 g/mol. The molecule has 2 aromatic heterocycles. The fourth-order valence-corrected chi connectivity index (χ4v) is 4.55. The van der Waals surface area contributed by atoms with Crippen LogP contribution in [0.25, 0.3) is 10.9 Å². The molecule has 8 heteroatoms. The minimum absolute atomic E-state index is 0.00802. The minimum atomic E-state index is -3.58. The Bertz CT molecular complexity index is 830. The summed E-state index contributed by atoms with van der Waals surface area (Å²) in [5.74, 6) is 0. The van der Waals surface area contributed by atoms with Crippen molar-refractivity contribution in [1.29, 1.82) is 0 Å². The van der Waals surface area contributed by atoms with E-state index in [0.717, 1.165) is 31.4 Å². The average Bonchev–Trinajstić information content (AvgIpc) is 2.69. The third-order valence-electron chi connectivity index (χ3n) is 4.74. The van der Waals surface area contributed by atoms with Gasteiger partial charge in [-0.3, -0.25) is 4.98 Å². The predicted octanol–water partition coefficient (Wildman–Crippen LogP) is 0.335. The number of nitrogens with zero attached hydrogens (tertiary/aromatic N) is 3. The van der Waals surface area contributed by atoms with Gasteiger partial charge in [-0.05, 0) is 18.9 Å². The smallest absolute Gasteiger partial charge is 0.274 e. The van der Waals surface area contributed by atoms with E-state index in [1.165, 1.54) is 11.1 Å². The summed E-state index contributed by atoms with van der Waals surface area (Å²) in [5.41, 5.74) is 2.45. The molecule has 0 aromatic carbocycles. The molecule has 0 amide bonds. The van der Waals surface area contributed by atoms with Gasteiger partial charge in [0.2, 0.25) is 0 Å². The van der Waals surface area contributed by atoms with Gasteiger partial charge in [-0.1, -0.05) is 0 Å². The van der Waals surface area contributed by atoms with Crippen LogP contribution in [0, 0.1) is 5.41 Å². The quantitative estimate of drug-likeness (QED) is 0.852. The number of fused-ring (bicyclic) bond motifs is 1. The van der Waals surface area contributed by atoms with Gasteiger partial charge in [-0.2, -0.15) is 13.1 Å². The van der Waals surface area contributed by atoms with Crippen molar-refractivity contribution in [3.63, 3.8) is 0 Å². The van der Waals surface area contributed by atoms with E-state index in [0.29, 0.717) is 0 Å². The number of anilines is 1. The van der Waals surface area contributed by atoms with Crippen LogP contribution in [0.5, 0.6) is 0 Å². The Kier molecular flexibility index (Phi) is 2.82. The first-order valence-corrected chi connectivity index (χ1v) is 8.84. The second-order valence-corrected chi connectivity index (χ2v) is 8.00. The Morgan fingerprint density at radius 1 is 1.36 bits per heavy atom. The summed E-state index contributed by atoms with van der Waals surface area (Å²) in [7, 11) is -1.59. The molecule has 3 heterocycles. The van der Waals surface area contributed by atoms with E-state index in [1.807, 2.05) is 30.1 Å². The fourth-order valence-electron chi connectivity index (χ4n) is 3.92. The van der Waals surface area contributed by atoms with Crippen LogP contribution >= 0.6 is 0 Å². The number of hydrogen-bond donors (Lipinski definition) is 2. The molecule has 0 unspecified atom stereocenters. The number of hydrogen-bond acceptors (Lipinski definition) is 4. The van der Waals surface area contributed by atoms with Crippen LogP contribution in [-0.2, 0) is 17.3 Å². The second kappa shape index (κ2) is 4.43. The van der Waals surface area contributed by atoms with Gasteiger partial charge in [0.25, 0.3) is 10.2 Å². The van der Waals surface area contributed by atoms with E-state index in [-0.39, 0.29) is 11.5 Å². The highest BCUT2D eigenvalue weighted by atomic mass is 32.2. The molecule has 0 atom stereocenters. The van der Waals surface area contributed by atoms with E-state index in [2.05, 4.69) is 20.8 Å². The molecule has 1 spiro atoms. The Balaban J connectivity index is 1.46. The van der Waals surface area contributed by atoms with Crippen LogP contribution in [0.3, 0.4) is 0 Å². The zero-order chi connectivity index (χ0) is 15.5. The summed E-state index contributed by atoms with van der Waals surface area (Å²) in [4.78, 5) is 6.73. The van der Waals surface area contributed by atoms with E-state index in [4.69, 9.17) is 5.14 Å². The zero-order valence-corrected chi connectivity index (χ0v) is 13.2. The number of pyridine rings is 1. The molecule has 22 heavy (non-hydrogen) atoms. The van der Waals surface area contributed by atoms with Crippen molar-refractivity contribution < 1.29 is 8.42 Å². The maximum Gasteiger partial charge on any atom is 0.274 e. The number of nitrogens with one attached hydrogen (secondary N) is 1. The summed E-state index contributed by atoms with van der Waals surface area (Å²) in [6.45, 7) is 1.92. The number of aromatic nitrogens is 2. The maximum atomic E-state index is 11.0. The van der Waals surface area contributed by atoms with Crippen molar-refractivity contribution in [1.82, 2.24) is 14.3 Å². The van der Waals surface area contributed by atoms with Crippen molar-refractivity contribution in [3.8, 4) is 0 Å². The first-order chi connectivity index (χ1) is 10.3. The van der Waals surface area contributed by atoms with Gasteiger partial charge in [0, 0.05) is 61.3 Å². The van der Waals surface area contributed by atoms with Gasteiger partial charge in [0.05, 0.1) is 5.52 Å². The Morgan fingerprint density at radius 3 is 2.77 bits per heavy atom. The van der Waals surface area contributed by atoms with Crippen molar-refractivity contribution in [2.24, 2.45) is 17.6 Å². The van der Waals surface area contributed by atoms with Gasteiger partial charge in [0.15, 0.2) is 0 Å². The third-order valence-corrected chi connectivity index (χ3v) is 5.40. The predicted molar refractivity (Wildman–Crippen MR) is 84.6 cm³/mol. The summed E-state index contributed by atoms with van der Waals surface area (Å²) >= 11 is 0. The van der Waals surface area contributed by atoms with Crippen LogP contribution in [0.2, 0.25) is 0 Å². The SMILES string of the molecule is Cn1cc2nccc(N3CC4(CC(NS(N)(=O)=O)C4)C3)c2c1. The molecule has 1 saturated heterocycles. The molecular formula is C14H19N5O2S. The van der Waals surface area contributed by atoms with Crippen LogP contribution in [-0.4, -0.2) is 37.1 Å². The molecule has 4 rings (SSSR count). The number of rotatable bonds is 3. The highest BCUT2D eigenvalue weighted by Gasteiger charge is 2.53. The van der Waals surface area contributed by atoms with Crippen LogP contribution in [0.15, 0.2) is 24.7 Å². The molecule has 2 aliphatic rings. The lowest BCUT2D eigenvalue weighted by atomic mass is 9.61. The molecule has 2 fully saturated rings. The highest BCUT2D eigenvalue weighted by molar-refractivity contribution is 7.87. The van der Waals surface area contributed by atoms with E-state index in [1.54, 1.807) is 0 Å². The van der Waals surface area contributed by atoms with Crippen molar-refractivity contribution in [2.75, 3.05) is 18.0 Å². The maximum absolute atomic E-state index is 11.0. The summed E-state index contributed by atoms with van der Waals surface area (Å²) in [6.07, 6.45) is 7.68. The van der Waals surface area contributed by atoms with Gasteiger partial charge in [0.1, 0.15) is 0 Å². The molecule has 1 aliphatic carbocycles. The first-order valence-electron chi connectivity index (χ1n) is 7.29. The lowest BCUT2D eigenvalue weighted by Gasteiger charge is -2.59. The van der Waals surface area contributed by atoms with E-state index < -0.39 is 10.2 Å². The second-order valence-electron chi connectivity index (χ2n) is 6.68. The van der Waals surface area contributed by atoms with Gasteiger partial charge < -0.3 is 9.47 Å². The van der Waals surface area contributed by atoms with Crippen LogP contribution < -0.4 is 14.8 Å². The largest absolute Gasteiger partial charge is 0.370 e. The standard InChI is InChI=1S/C14H19N5O2S/c1-18-6-11-12(7-18)16-3-2-13(11)19-8-14(9-19)4-10(5-14)17-22(15,20)21/h2-3,6-7,10,17H,4-5,8-9H2,1H3,(H2,15,20,21). The van der Waals surface area contributed by atoms with Gasteiger partial charge in [-0.25, -0.2) is 5.14 Å². The third kappa shape index (κ3) is 2.27. The van der Waals surface area contributed by atoms with Crippen LogP contribution in [0.1, 0.15) is 12.8 Å². The monoisotopic (exact) mass is 321 g/mol. The Morgan fingerprint density at radius 2 is 2.09 bits per heavy atom. The first kappa shape index (κ1) is 14.0. The number of nitrogens with two attached hydrogens (primary N) is 1. The lowest BCUT2D eigenvalue weighted by molar-refractivity contribution is 0.0592. The molecule has 1 saturated carbocycles. The molecule has 7 nitrogen and oxygen atoms in total. The highest BCUT2D eigenvalue weighted by Crippen LogP contribution is 2.50. The lowest BCUT2D eigenvalue weighted by Crippen LogP contribution is -2.67. The normalized spacial score (nSPS) is 21.1. The van der Waals surface area contributed by atoms with Crippen LogP contribution in [0.4, 0.5) is 5.69 Å². The average molecular weight is 321 g/mol. The van der Waals surface area contributed by atoms with Crippen molar-refractivity contribution in [3.05, 3.63) is 24.7 Å². The Hall–Kier alpha value is -1.64. The van der Waals surface area contributed by atoms with E-state index in [9.17, 15) is 8.42 Å². The fraction of sp³-hybridized carbons (Fsp3) is 0.500. The Labute approximate surface area is 129 Å². The van der Waals surface area contributed by atoms with Gasteiger partial charge in [-0.15, -0.1) is 0 Å². The zero-order valence-electron chi connectivity index (χ0n) is 12.4. The summed E-state index contributed by atoms with van der Waals surface area (Å²) in [5, 5.41) is 6.18. The molecule has 3 N–H and O–H groups in total. The van der Waals surface area contributed by atoms with Crippen molar-refractivity contribution in [2.45, 2.75) is 18.9 Å².